The van der Waals surface area contributed by atoms with Gasteiger partial charge in [0.1, 0.15) is 6.61 Å². The number of amides is 1. The van der Waals surface area contributed by atoms with Crippen LogP contribution >= 0.6 is 0 Å². The topological polar surface area (TPSA) is 50.4 Å². The van der Waals surface area contributed by atoms with E-state index >= 15 is 0 Å². The number of cyclic esters (lactones) is 1. The fourth-order valence-corrected chi connectivity index (χ4v) is 0.957. The van der Waals surface area contributed by atoms with E-state index < -0.39 is 0 Å². The van der Waals surface area contributed by atoms with E-state index in [2.05, 4.69) is 10.6 Å². The van der Waals surface area contributed by atoms with Gasteiger partial charge in [0.2, 0.25) is 0 Å². The summed E-state index contributed by atoms with van der Waals surface area (Å²) in [4.78, 5) is 10.7. The Morgan fingerprint density at radius 1 is 1.18 bits per heavy atom. The lowest BCUT2D eigenvalue weighted by atomic mass is 10.3. The van der Waals surface area contributed by atoms with Crippen LogP contribution in [0.4, 0.5) is 4.79 Å². The van der Waals surface area contributed by atoms with Crippen molar-refractivity contribution in [3.8, 4) is 0 Å². The third-order valence-corrected chi connectivity index (χ3v) is 1.56. The van der Waals surface area contributed by atoms with Crippen molar-refractivity contribution in [2.24, 2.45) is 0 Å². The van der Waals surface area contributed by atoms with Gasteiger partial charge in [-0.05, 0) is 19.4 Å². The van der Waals surface area contributed by atoms with Crippen molar-refractivity contribution < 1.29 is 9.53 Å². The normalized spacial score (nSPS) is 21.6. The van der Waals surface area contributed by atoms with Crippen molar-refractivity contribution in [2.75, 3.05) is 26.2 Å². The lowest BCUT2D eigenvalue weighted by Gasteiger charge is -2.10. The number of carbonyl (C=O) groups excluding carboxylic acids is 1. The highest BCUT2D eigenvalue weighted by atomic mass is 16.5. The molecule has 1 aliphatic rings. The Balaban J connectivity index is 2.17. The van der Waals surface area contributed by atoms with Crippen LogP contribution in [0, 0.1) is 0 Å². The molecule has 1 saturated heterocycles. The largest absolute Gasteiger partial charge is 0.448 e. The van der Waals surface area contributed by atoms with Crippen LogP contribution in [0.1, 0.15) is 12.8 Å². The summed E-state index contributed by atoms with van der Waals surface area (Å²) in [7, 11) is 0. The molecular formula is C7H14N2O2. The Morgan fingerprint density at radius 2 is 2.00 bits per heavy atom. The summed E-state index contributed by atoms with van der Waals surface area (Å²) in [5, 5.41) is 5.83. The highest BCUT2D eigenvalue weighted by molar-refractivity contribution is 5.66. The molecule has 0 bridgehead atoms. The number of carbonyl (C=O) groups is 1. The zero-order chi connectivity index (χ0) is 7.94. The molecule has 11 heavy (non-hydrogen) atoms. The number of hydrogen-bond donors (Lipinski definition) is 2. The lowest BCUT2D eigenvalue weighted by molar-refractivity contribution is 0.145. The summed E-state index contributed by atoms with van der Waals surface area (Å²) in [6.45, 7) is 2.96. The van der Waals surface area contributed by atoms with Gasteiger partial charge in [-0.2, -0.15) is 0 Å². The van der Waals surface area contributed by atoms with Crippen molar-refractivity contribution in [1.29, 1.82) is 0 Å². The van der Waals surface area contributed by atoms with Crippen molar-refractivity contribution >= 4 is 6.09 Å². The minimum Gasteiger partial charge on any atom is -0.448 e. The molecule has 0 atom stereocenters. The van der Waals surface area contributed by atoms with Crippen LogP contribution in [0.5, 0.6) is 0 Å². The van der Waals surface area contributed by atoms with Crippen molar-refractivity contribution in [3.63, 3.8) is 0 Å². The fraction of sp³-hybridized carbons (Fsp3) is 0.857. The molecule has 0 aromatic carbocycles. The SMILES string of the molecule is O=C1NCCCCNCCO1. The second-order valence-electron chi connectivity index (χ2n) is 2.52. The van der Waals surface area contributed by atoms with Gasteiger partial charge in [0.05, 0.1) is 0 Å². The molecule has 1 fully saturated rings. The van der Waals surface area contributed by atoms with Gasteiger partial charge < -0.3 is 15.4 Å². The van der Waals surface area contributed by atoms with Gasteiger partial charge >= 0.3 is 6.09 Å². The molecule has 1 aliphatic heterocycles. The molecule has 4 nitrogen and oxygen atoms in total. The molecule has 1 rings (SSSR count). The van der Waals surface area contributed by atoms with E-state index in [0.717, 1.165) is 32.5 Å². The predicted octanol–water partition coefficient (Wildman–Crippen LogP) is 0.0960. The summed E-state index contributed by atoms with van der Waals surface area (Å²) in [6, 6.07) is 0. The van der Waals surface area contributed by atoms with E-state index in [-0.39, 0.29) is 6.09 Å². The number of ether oxygens (including phenoxy) is 1. The minimum atomic E-state index is -0.297. The van der Waals surface area contributed by atoms with E-state index in [4.69, 9.17) is 4.74 Å². The molecule has 0 aromatic rings. The number of hydrogen-bond acceptors (Lipinski definition) is 3. The predicted molar refractivity (Wildman–Crippen MR) is 41.5 cm³/mol. The van der Waals surface area contributed by atoms with E-state index in [0.29, 0.717) is 6.61 Å². The molecule has 64 valence electrons. The molecule has 1 heterocycles. The highest BCUT2D eigenvalue weighted by Gasteiger charge is 2.01. The molecule has 1 amide bonds. The summed E-state index contributed by atoms with van der Waals surface area (Å²) >= 11 is 0. The second-order valence-corrected chi connectivity index (χ2v) is 2.52. The van der Waals surface area contributed by atoms with Gasteiger partial charge in [0, 0.05) is 13.1 Å². The average molecular weight is 158 g/mol. The minimum absolute atomic E-state index is 0.297. The first-order valence-corrected chi connectivity index (χ1v) is 4.01. The van der Waals surface area contributed by atoms with Gasteiger partial charge in [-0.25, -0.2) is 4.79 Å². The lowest BCUT2D eigenvalue weighted by Crippen LogP contribution is -2.31. The standard InChI is InChI=1S/C7H14N2O2/c10-7-9-4-2-1-3-8-5-6-11-7/h8H,1-6H2,(H,9,10). The van der Waals surface area contributed by atoms with Gasteiger partial charge in [-0.1, -0.05) is 0 Å². The van der Waals surface area contributed by atoms with E-state index in [1.807, 2.05) is 0 Å². The fourth-order valence-electron chi connectivity index (χ4n) is 0.957. The molecule has 0 aromatic heterocycles. The zero-order valence-electron chi connectivity index (χ0n) is 6.56. The Labute approximate surface area is 66.3 Å². The Hall–Kier alpha value is -0.770. The maximum atomic E-state index is 10.7. The van der Waals surface area contributed by atoms with Crippen LogP contribution in [-0.4, -0.2) is 32.3 Å². The number of nitrogens with one attached hydrogen (secondary N) is 2. The molecule has 4 heteroatoms. The van der Waals surface area contributed by atoms with Gasteiger partial charge in [-0.3, -0.25) is 0 Å². The quantitative estimate of drug-likeness (QED) is 0.525. The Bertz CT molecular complexity index is 116. The van der Waals surface area contributed by atoms with Crippen LogP contribution in [0.3, 0.4) is 0 Å². The number of rotatable bonds is 0. The molecule has 0 spiro atoms. The molecular weight excluding hydrogens is 144 g/mol. The Morgan fingerprint density at radius 3 is 2.91 bits per heavy atom. The van der Waals surface area contributed by atoms with Gasteiger partial charge in [0.25, 0.3) is 0 Å². The van der Waals surface area contributed by atoms with Crippen molar-refractivity contribution in [1.82, 2.24) is 10.6 Å². The first-order chi connectivity index (χ1) is 5.39. The summed E-state index contributed by atoms with van der Waals surface area (Å²) in [5.41, 5.74) is 0. The zero-order valence-corrected chi connectivity index (χ0v) is 6.56. The Kier molecular flexibility index (Phi) is 3.75. The second kappa shape index (κ2) is 4.96. The van der Waals surface area contributed by atoms with E-state index in [1.165, 1.54) is 0 Å². The highest BCUT2D eigenvalue weighted by Crippen LogP contribution is 1.87. The van der Waals surface area contributed by atoms with Crippen LogP contribution in [-0.2, 0) is 4.74 Å². The van der Waals surface area contributed by atoms with Gasteiger partial charge in [0.15, 0.2) is 0 Å². The maximum Gasteiger partial charge on any atom is 0.407 e. The summed E-state index contributed by atoms with van der Waals surface area (Å²) < 4.78 is 4.81. The van der Waals surface area contributed by atoms with Crippen LogP contribution in [0.15, 0.2) is 0 Å². The first kappa shape index (κ1) is 8.33. The van der Waals surface area contributed by atoms with Crippen molar-refractivity contribution in [2.45, 2.75) is 12.8 Å². The van der Waals surface area contributed by atoms with Crippen LogP contribution < -0.4 is 10.6 Å². The third kappa shape index (κ3) is 3.83. The summed E-state index contributed by atoms with van der Waals surface area (Å²) in [5.74, 6) is 0. The molecule has 2 N–H and O–H groups in total. The van der Waals surface area contributed by atoms with E-state index in [1.54, 1.807) is 0 Å². The first-order valence-electron chi connectivity index (χ1n) is 4.01. The summed E-state index contributed by atoms with van der Waals surface area (Å²) in [6.07, 6.45) is 1.83. The van der Waals surface area contributed by atoms with E-state index in [9.17, 15) is 4.79 Å². The van der Waals surface area contributed by atoms with Crippen molar-refractivity contribution in [3.05, 3.63) is 0 Å². The van der Waals surface area contributed by atoms with Crippen LogP contribution in [0.25, 0.3) is 0 Å². The third-order valence-electron chi connectivity index (χ3n) is 1.56. The monoisotopic (exact) mass is 158 g/mol. The van der Waals surface area contributed by atoms with Crippen LogP contribution in [0.2, 0.25) is 0 Å². The molecule has 0 radical (unpaired) electrons. The number of alkyl carbamates (subject to hydrolysis) is 1. The average Bonchev–Trinajstić information content (AvgIpc) is 2.03. The maximum absolute atomic E-state index is 10.7. The smallest absolute Gasteiger partial charge is 0.407 e. The molecule has 0 saturated carbocycles. The molecule has 0 unspecified atom stereocenters. The van der Waals surface area contributed by atoms with Gasteiger partial charge in [-0.15, -0.1) is 0 Å². The molecule has 0 aliphatic carbocycles.